The minimum Gasteiger partial charge on any atom is -0.497 e. The first-order valence-corrected chi connectivity index (χ1v) is 7.47. The molecule has 2 aromatic rings. The Morgan fingerprint density at radius 2 is 1.83 bits per heavy atom. The maximum Gasteiger partial charge on any atom is 0.242 e. The standard InChI is InChI=1S/C18H20N2O3/c1-22-14-9-8-13(15(10-14)23-2)11-20-17(16(19)18(20)21)12-6-4-3-5-7-12/h3-10,16-17H,11,19H2,1-2H3/t16-,17+/m0/s1. The van der Waals surface area contributed by atoms with Crippen molar-refractivity contribution in [3.8, 4) is 11.5 Å². The second kappa shape index (κ2) is 6.30. The van der Waals surface area contributed by atoms with Crippen LogP contribution in [0, 0.1) is 0 Å². The van der Waals surface area contributed by atoms with Gasteiger partial charge in [0.15, 0.2) is 0 Å². The molecule has 0 bridgehead atoms. The number of carbonyl (C=O) groups is 1. The van der Waals surface area contributed by atoms with E-state index in [1.807, 2.05) is 48.5 Å². The summed E-state index contributed by atoms with van der Waals surface area (Å²) >= 11 is 0. The fourth-order valence-corrected chi connectivity index (χ4v) is 2.96. The normalized spacial score (nSPS) is 20.1. The van der Waals surface area contributed by atoms with E-state index in [1.165, 1.54) is 0 Å². The summed E-state index contributed by atoms with van der Waals surface area (Å²) in [6.07, 6.45) is 0. The summed E-state index contributed by atoms with van der Waals surface area (Å²) < 4.78 is 10.6. The average Bonchev–Trinajstić information content (AvgIpc) is 2.61. The van der Waals surface area contributed by atoms with E-state index < -0.39 is 6.04 Å². The van der Waals surface area contributed by atoms with Gasteiger partial charge in [0.05, 0.1) is 26.8 Å². The molecule has 0 spiro atoms. The second-order valence-electron chi connectivity index (χ2n) is 5.53. The smallest absolute Gasteiger partial charge is 0.242 e. The molecule has 3 rings (SSSR count). The van der Waals surface area contributed by atoms with E-state index in [0.717, 1.165) is 16.9 Å². The number of carbonyl (C=O) groups excluding carboxylic acids is 1. The second-order valence-corrected chi connectivity index (χ2v) is 5.53. The lowest BCUT2D eigenvalue weighted by atomic mass is 9.88. The van der Waals surface area contributed by atoms with E-state index in [-0.39, 0.29) is 11.9 Å². The summed E-state index contributed by atoms with van der Waals surface area (Å²) in [5, 5.41) is 0. The first-order chi connectivity index (χ1) is 11.2. The zero-order chi connectivity index (χ0) is 16.4. The van der Waals surface area contributed by atoms with Crippen LogP contribution in [-0.4, -0.2) is 31.1 Å². The molecule has 5 heteroatoms. The molecule has 0 radical (unpaired) electrons. The number of nitrogens with zero attached hydrogens (tertiary/aromatic N) is 1. The lowest BCUT2D eigenvalue weighted by Crippen LogP contribution is -2.62. The Morgan fingerprint density at radius 3 is 2.48 bits per heavy atom. The highest BCUT2D eigenvalue weighted by atomic mass is 16.5. The summed E-state index contributed by atoms with van der Waals surface area (Å²) in [5.74, 6) is 1.37. The number of benzene rings is 2. The minimum atomic E-state index is -0.485. The average molecular weight is 312 g/mol. The summed E-state index contributed by atoms with van der Waals surface area (Å²) in [6.45, 7) is 0.458. The Bertz CT molecular complexity index is 703. The topological polar surface area (TPSA) is 64.8 Å². The summed E-state index contributed by atoms with van der Waals surface area (Å²) in [7, 11) is 3.22. The number of likely N-dealkylation sites (tertiary alicyclic amines) is 1. The van der Waals surface area contributed by atoms with Gasteiger partial charge in [-0.3, -0.25) is 4.79 Å². The predicted octanol–water partition coefficient (Wildman–Crippen LogP) is 2.11. The Morgan fingerprint density at radius 1 is 1.09 bits per heavy atom. The van der Waals surface area contributed by atoms with Crippen LogP contribution in [0.1, 0.15) is 17.2 Å². The highest BCUT2D eigenvalue weighted by molar-refractivity contribution is 5.89. The third-order valence-corrected chi connectivity index (χ3v) is 4.22. The molecule has 1 aliphatic heterocycles. The zero-order valence-electron chi connectivity index (χ0n) is 13.2. The van der Waals surface area contributed by atoms with Crippen molar-refractivity contribution in [1.29, 1.82) is 0 Å². The first-order valence-electron chi connectivity index (χ1n) is 7.47. The molecule has 1 fully saturated rings. The lowest BCUT2D eigenvalue weighted by molar-refractivity contribution is -0.150. The van der Waals surface area contributed by atoms with Gasteiger partial charge < -0.3 is 20.1 Å². The van der Waals surface area contributed by atoms with Crippen LogP contribution in [0.5, 0.6) is 11.5 Å². The third kappa shape index (κ3) is 2.75. The van der Waals surface area contributed by atoms with Crippen molar-refractivity contribution in [3.63, 3.8) is 0 Å². The highest BCUT2D eigenvalue weighted by Gasteiger charge is 2.45. The number of nitrogens with two attached hydrogens (primary N) is 1. The molecule has 120 valence electrons. The Kier molecular flexibility index (Phi) is 4.21. The number of amides is 1. The maximum absolute atomic E-state index is 12.2. The van der Waals surface area contributed by atoms with E-state index in [9.17, 15) is 4.79 Å². The van der Waals surface area contributed by atoms with Gasteiger partial charge in [-0.2, -0.15) is 0 Å². The molecule has 0 aromatic heterocycles. The quantitative estimate of drug-likeness (QED) is 0.859. The van der Waals surface area contributed by atoms with Gasteiger partial charge in [-0.25, -0.2) is 0 Å². The molecule has 0 aliphatic carbocycles. The number of ether oxygens (including phenoxy) is 2. The van der Waals surface area contributed by atoms with E-state index in [1.54, 1.807) is 19.1 Å². The number of β-lactam (4-membered cyclic amide) rings is 1. The van der Waals surface area contributed by atoms with Crippen LogP contribution >= 0.6 is 0 Å². The van der Waals surface area contributed by atoms with Crippen molar-refractivity contribution >= 4 is 5.91 Å². The third-order valence-electron chi connectivity index (χ3n) is 4.22. The van der Waals surface area contributed by atoms with Gasteiger partial charge in [0, 0.05) is 11.6 Å². The highest BCUT2D eigenvalue weighted by Crippen LogP contribution is 2.36. The molecule has 0 unspecified atom stereocenters. The SMILES string of the molecule is COc1ccc(CN2C(=O)[C@@H](N)[C@H]2c2ccccc2)c(OC)c1. The monoisotopic (exact) mass is 312 g/mol. The van der Waals surface area contributed by atoms with E-state index in [0.29, 0.717) is 12.3 Å². The van der Waals surface area contributed by atoms with Gasteiger partial charge in [-0.05, 0) is 17.7 Å². The fraction of sp³-hybridized carbons (Fsp3) is 0.278. The molecule has 2 atom stereocenters. The predicted molar refractivity (Wildman–Crippen MR) is 87.3 cm³/mol. The number of rotatable bonds is 5. The van der Waals surface area contributed by atoms with Crippen molar-refractivity contribution in [1.82, 2.24) is 4.90 Å². The largest absolute Gasteiger partial charge is 0.497 e. The van der Waals surface area contributed by atoms with E-state index in [4.69, 9.17) is 15.2 Å². The molecule has 1 heterocycles. The molecule has 0 saturated carbocycles. The first kappa shape index (κ1) is 15.4. The molecule has 5 nitrogen and oxygen atoms in total. The molecule has 23 heavy (non-hydrogen) atoms. The van der Waals surface area contributed by atoms with Gasteiger partial charge in [-0.15, -0.1) is 0 Å². The molecule has 1 aliphatic rings. The number of methoxy groups -OCH3 is 2. The summed E-state index contributed by atoms with van der Waals surface area (Å²) in [5.41, 5.74) is 7.99. The van der Waals surface area contributed by atoms with Gasteiger partial charge in [-0.1, -0.05) is 30.3 Å². The van der Waals surface area contributed by atoms with Gasteiger partial charge in [0.25, 0.3) is 0 Å². The Balaban J connectivity index is 1.85. The summed E-state index contributed by atoms with van der Waals surface area (Å²) in [4.78, 5) is 14.0. The Hall–Kier alpha value is -2.53. The molecule has 1 saturated heterocycles. The summed E-state index contributed by atoms with van der Waals surface area (Å²) in [6, 6.07) is 14.9. The van der Waals surface area contributed by atoms with Crippen LogP contribution in [0.3, 0.4) is 0 Å². The molecule has 2 N–H and O–H groups in total. The Labute approximate surface area is 135 Å². The minimum absolute atomic E-state index is 0.0447. The van der Waals surface area contributed by atoms with Crippen LogP contribution in [0.25, 0.3) is 0 Å². The van der Waals surface area contributed by atoms with Gasteiger partial charge >= 0.3 is 0 Å². The van der Waals surface area contributed by atoms with Crippen LogP contribution in [0.15, 0.2) is 48.5 Å². The van der Waals surface area contributed by atoms with Crippen molar-refractivity contribution in [2.75, 3.05) is 14.2 Å². The van der Waals surface area contributed by atoms with Crippen molar-refractivity contribution in [2.45, 2.75) is 18.6 Å². The van der Waals surface area contributed by atoms with E-state index >= 15 is 0 Å². The van der Waals surface area contributed by atoms with Crippen LogP contribution in [0.2, 0.25) is 0 Å². The number of hydrogen-bond donors (Lipinski definition) is 1. The maximum atomic E-state index is 12.2. The van der Waals surface area contributed by atoms with Gasteiger partial charge in [0.2, 0.25) is 5.91 Å². The van der Waals surface area contributed by atoms with Crippen LogP contribution in [0.4, 0.5) is 0 Å². The zero-order valence-corrected chi connectivity index (χ0v) is 13.2. The molecule has 1 amide bonds. The fourth-order valence-electron chi connectivity index (χ4n) is 2.96. The van der Waals surface area contributed by atoms with Crippen LogP contribution < -0.4 is 15.2 Å². The van der Waals surface area contributed by atoms with Crippen molar-refractivity contribution in [2.24, 2.45) is 5.73 Å². The lowest BCUT2D eigenvalue weighted by Gasteiger charge is -2.46. The molecular weight excluding hydrogens is 292 g/mol. The molecule has 2 aromatic carbocycles. The molecular formula is C18H20N2O3. The van der Waals surface area contributed by atoms with Crippen molar-refractivity contribution in [3.05, 3.63) is 59.7 Å². The van der Waals surface area contributed by atoms with Crippen LogP contribution in [-0.2, 0) is 11.3 Å². The number of hydrogen-bond acceptors (Lipinski definition) is 4. The van der Waals surface area contributed by atoms with E-state index in [2.05, 4.69) is 0 Å². The van der Waals surface area contributed by atoms with Crippen molar-refractivity contribution < 1.29 is 14.3 Å². The van der Waals surface area contributed by atoms with Gasteiger partial charge in [0.1, 0.15) is 17.5 Å².